The van der Waals surface area contributed by atoms with Crippen LogP contribution in [0.3, 0.4) is 0 Å². The number of fused-ring (bicyclic) bond motifs is 1. The summed E-state index contributed by atoms with van der Waals surface area (Å²) in [5, 5.41) is 6.84. The van der Waals surface area contributed by atoms with Crippen molar-refractivity contribution in [3.63, 3.8) is 0 Å². The van der Waals surface area contributed by atoms with E-state index < -0.39 is 29.9 Å². The first kappa shape index (κ1) is 21.6. The van der Waals surface area contributed by atoms with E-state index in [1.807, 2.05) is 31.2 Å². The largest absolute Gasteiger partial charge is 0.418 e. The molecule has 164 valence electrons. The molecule has 2 heterocycles. The Morgan fingerprint density at radius 2 is 1.84 bits per heavy atom. The molecule has 7 nitrogen and oxygen atoms in total. The maximum atomic E-state index is 13.1. The van der Waals surface area contributed by atoms with E-state index in [9.17, 15) is 22.8 Å². The smallest absolute Gasteiger partial charge is 0.324 e. The zero-order chi connectivity index (χ0) is 22.9. The van der Waals surface area contributed by atoms with E-state index >= 15 is 0 Å². The van der Waals surface area contributed by atoms with Gasteiger partial charge in [-0.1, -0.05) is 41.6 Å². The van der Waals surface area contributed by atoms with Crippen LogP contribution in [0.1, 0.15) is 11.1 Å². The molecule has 1 amide bonds. The summed E-state index contributed by atoms with van der Waals surface area (Å²) in [7, 11) is 0. The molecule has 0 bridgehead atoms. The van der Waals surface area contributed by atoms with E-state index in [1.165, 1.54) is 40.7 Å². The molecule has 4 aromatic rings. The van der Waals surface area contributed by atoms with Gasteiger partial charge in [-0.3, -0.25) is 4.79 Å². The maximum absolute atomic E-state index is 13.1. The third-order valence-corrected chi connectivity index (χ3v) is 5.49. The molecular weight excluding hydrogens is 443 g/mol. The number of halogens is 3. The van der Waals surface area contributed by atoms with Crippen molar-refractivity contribution >= 4 is 29.0 Å². The number of alkyl halides is 3. The standard InChI is InChI=1S/C21H16F3N5O2S/c1-13-6-8-14(9-7-13)32-19-18-27-29(20(31)28(18)11-10-25-19)12-17(30)26-16-5-3-2-4-15(16)21(22,23)24/h2-11H,12H2,1H3,(H,26,30). The zero-order valence-electron chi connectivity index (χ0n) is 16.6. The Morgan fingerprint density at radius 1 is 1.12 bits per heavy atom. The van der Waals surface area contributed by atoms with Crippen LogP contribution in [0.25, 0.3) is 5.65 Å². The number of rotatable bonds is 5. The minimum Gasteiger partial charge on any atom is -0.324 e. The summed E-state index contributed by atoms with van der Waals surface area (Å²) in [5.41, 5.74) is -0.631. The van der Waals surface area contributed by atoms with E-state index in [-0.39, 0.29) is 11.3 Å². The molecule has 2 aromatic carbocycles. The number of amides is 1. The topological polar surface area (TPSA) is 81.3 Å². The van der Waals surface area contributed by atoms with E-state index in [1.54, 1.807) is 0 Å². The van der Waals surface area contributed by atoms with Gasteiger partial charge < -0.3 is 5.32 Å². The van der Waals surface area contributed by atoms with Gasteiger partial charge in [0.2, 0.25) is 5.91 Å². The molecule has 0 aliphatic carbocycles. The highest BCUT2D eigenvalue weighted by Gasteiger charge is 2.33. The molecule has 11 heteroatoms. The number of nitrogens with zero attached hydrogens (tertiary/aromatic N) is 4. The SMILES string of the molecule is Cc1ccc(Sc2nccn3c(=O)n(CC(=O)Nc4ccccc4C(F)(F)F)nc23)cc1. The molecule has 0 saturated heterocycles. The van der Waals surface area contributed by atoms with Gasteiger partial charge in [0.05, 0.1) is 11.3 Å². The molecule has 1 N–H and O–H groups in total. The van der Waals surface area contributed by atoms with Crippen molar-refractivity contribution in [3.05, 3.63) is 82.5 Å². The van der Waals surface area contributed by atoms with E-state index in [2.05, 4.69) is 15.4 Å². The summed E-state index contributed by atoms with van der Waals surface area (Å²) in [6, 6.07) is 12.3. The van der Waals surface area contributed by atoms with Crippen LogP contribution in [-0.2, 0) is 17.5 Å². The van der Waals surface area contributed by atoms with Gasteiger partial charge in [0, 0.05) is 17.3 Å². The summed E-state index contributed by atoms with van der Waals surface area (Å²) in [6.07, 6.45) is -1.77. The molecule has 0 fully saturated rings. The molecule has 32 heavy (non-hydrogen) atoms. The quantitative estimate of drug-likeness (QED) is 0.488. The van der Waals surface area contributed by atoms with Crippen LogP contribution in [0.15, 0.2) is 75.6 Å². The number of carbonyl (C=O) groups is 1. The van der Waals surface area contributed by atoms with Crippen LogP contribution in [0.2, 0.25) is 0 Å². The van der Waals surface area contributed by atoms with E-state index in [0.29, 0.717) is 5.03 Å². The third-order valence-electron chi connectivity index (χ3n) is 4.50. The van der Waals surface area contributed by atoms with Crippen LogP contribution in [0.5, 0.6) is 0 Å². The van der Waals surface area contributed by atoms with Gasteiger partial charge in [0.25, 0.3) is 0 Å². The minimum atomic E-state index is -4.63. The predicted octanol–water partition coefficient (Wildman–Crippen LogP) is 4.01. The first-order valence-electron chi connectivity index (χ1n) is 9.37. The number of anilines is 1. The monoisotopic (exact) mass is 459 g/mol. The summed E-state index contributed by atoms with van der Waals surface area (Å²) in [5.74, 6) is -0.812. The van der Waals surface area contributed by atoms with Crippen LogP contribution >= 0.6 is 11.8 Å². The molecule has 0 unspecified atom stereocenters. The van der Waals surface area contributed by atoms with Crippen molar-refractivity contribution in [1.29, 1.82) is 0 Å². The average Bonchev–Trinajstić information content (AvgIpc) is 3.06. The van der Waals surface area contributed by atoms with Gasteiger partial charge in [-0.2, -0.15) is 13.2 Å². The van der Waals surface area contributed by atoms with E-state index in [4.69, 9.17) is 0 Å². The maximum Gasteiger partial charge on any atom is 0.418 e. The number of aromatic nitrogens is 4. The lowest BCUT2D eigenvalue weighted by Crippen LogP contribution is -2.28. The first-order chi connectivity index (χ1) is 15.2. The van der Waals surface area contributed by atoms with Crippen molar-refractivity contribution in [1.82, 2.24) is 19.2 Å². The number of hydrogen-bond donors (Lipinski definition) is 1. The van der Waals surface area contributed by atoms with Crippen molar-refractivity contribution < 1.29 is 18.0 Å². The lowest BCUT2D eigenvalue weighted by atomic mass is 10.1. The molecular formula is C21H16F3N5O2S. The van der Waals surface area contributed by atoms with Gasteiger partial charge in [0.15, 0.2) is 5.65 Å². The van der Waals surface area contributed by atoms with Crippen molar-refractivity contribution in [3.8, 4) is 0 Å². The highest BCUT2D eigenvalue weighted by molar-refractivity contribution is 7.99. The van der Waals surface area contributed by atoms with Gasteiger partial charge in [-0.15, -0.1) is 5.10 Å². The fourth-order valence-electron chi connectivity index (χ4n) is 2.98. The highest BCUT2D eigenvalue weighted by atomic mass is 32.2. The Labute approximate surface area is 183 Å². The highest BCUT2D eigenvalue weighted by Crippen LogP contribution is 2.34. The molecule has 4 rings (SSSR count). The Kier molecular flexibility index (Phi) is 5.74. The lowest BCUT2D eigenvalue weighted by molar-refractivity contribution is -0.137. The fourth-order valence-corrected chi connectivity index (χ4v) is 3.82. The van der Waals surface area contributed by atoms with Crippen molar-refractivity contribution in [2.24, 2.45) is 0 Å². The Balaban J connectivity index is 1.59. The van der Waals surface area contributed by atoms with Crippen molar-refractivity contribution in [2.45, 2.75) is 29.6 Å². The summed E-state index contributed by atoms with van der Waals surface area (Å²) < 4.78 is 41.6. The van der Waals surface area contributed by atoms with Gasteiger partial charge in [-0.05, 0) is 31.2 Å². The number of aryl methyl sites for hydroxylation is 1. The minimum absolute atomic E-state index is 0.242. The second-order valence-electron chi connectivity index (χ2n) is 6.87. The third kappa shape index (κ3) is 4.52. The molecule has 0 aliphatic rings. The first-order valence-corrected chi connectivity index (χ1v) is 10.2. The Hall–Kier alpha value is -3.60. The fraction of sp³-hybridized carbons (Fsp3) is 0.143. The van der Waals surface area contributed by atoms with Crippen LogP contribution in [0, 0.1) is 6.92 Å². The van der Waals surface area contributed by atoms with Gasteiger partial charge >= 0.3 is 11.9 Å². The Morgan fingerprint density at radius 3 is 2.56 bits per heavy atom. The molecule has 0 aliphatic heterocycles. The van der Waals surface area contributed by atoms with Crippen molar-refractivity contribution in [2.75, 3.05) is 5.32 Å². The summed E-state index contributed by atoms with van der Waals surface area (Å²) in [6.45, 7) is 1.41. The average molecular weight is 459 g/mol. The molecule has 2 aromatic heterocycles. The van der Waals surface area contributed by atoms with Crippen LogP contribution < -0.4 is 11.0 Å². The van der Waals surface area contributed by atoms with Crippen LogP contribution in [0.4, 0.5) is 18.9 Å². The summed E-state index contributed by atoms with van der Waals surface area (Å²) >= 11 is 1.30. The normalized spacial score (nSPS) is 11.6. The summed E-state index contributed by atoms with van der Waals surface area (Å²) in [4.78, 5) is 30.2. The molecule has 0 radical (unpaired) electrons. The van der Waals surface area contributed by atoms with Gasteiger partial charge in [0.1, 0.15) is 11.6 Å². The number of nitrogens with one attached hydrogen (secondary N) is 1. The molecule has 0 spiro atoms. The number of para-hydroxylation sites is 1. The van der Waals surface area contributed by atoms with Crippen LogP contribution in [-0.4, -0.2) is 25.1 Å². The second-order valence-corrected chi connectivity index (χ2v) is 7.94. The molecule has 0 saturated carbocycles. The zero-order valence-corrected chi connectivity index (χ0v) is 17.4. The predicted molar refractivity (Wildman–Crippen MR) is 113 cm³/mol. The van der Waals surface area contributed by atoms with Gasteiger partial charge in [-0.25, -0.2) is 18.9 Å². The lowest BCUT2D eigenvalue weighted by Gasteiger charge is -2.13. The second kappa shape index (κ2) is 8.50. The number of hydrogen-bond acceptors (Lipinski definition) is 5. The number of carbonyl (C=O) groups excluding carboxylic acids is 1. The van der Waals surface area contributed by atoms with E-state index in [0.717, 1.165) is 27.3 Å². The Bertz CT molecular complexity index is 1350. The molecule has 0 atom stereocenters. The number of benzene rings is 2.